The number of rotatable bonds is 10. The van der Waals surface area contributed by atoms with Gasteiger partial charge >= 0.3 is 0 Å². The van der Waals surface area contributed by atoms with Gasteiger partial charge in [-0.05, 0) is 99.8 Å². The smallest absolute Gasteiger partial charge is 0.270 e. The first-order chi connectivity index (χ1) is 26.3. The fourth-order valence-electron chi connectivity index (χ4n) is 8.77. The quantitative estimate of drug-likeness (QED) is 0.196. The number of pyridine rings is 1. The number of amides is 3. The van der Waals surface area contributed by atoms with Crippen molar-refractivity contribution in [3.05, 3.63) is 66.1 Å². The summed E-state index contributed by atoms with van der Waals surface area (Å²) in [5.74, 6) is 1.72. The number of benzene rings is 1. The number of carbonyl (C=O) groups is 3. The highest BCUT2D eigenvalue weighted by molar-refractivity contribution is 6.01. The van der Waals surface area contributed by atoms with Crippen LogP contribution >= 0.6 is 0 Å². The molecule has 3 amide bonds. The van der Waals surface area contributed by atoms with E-state index in [4.69, 9.17) is 9.72 Å². The lowest BCUT2D eigenvalue weighted by molar-refractivity contribution is -0.134. The summed E-state index contributed by atoms with van der Waals surface area (Å²) in [5, 5.41) is 6.57. The summed E-state index contributed by atoms with van der Waals surface area (Å²) in [6, 6.07) is 15.0. The van der Waals surface area contributed by atoms with Crippen LogP contribution in [0.25, 0.3) is 11.0 Å². The molecule has 4 aromatic rings. The Morgan fingerprint density at radius 2 is 1.65 bits per heavy atom. The maximum atomic E-state index is 13.0. The molecule has 3 aromatic heterocycles. The molecular weight excluding hydrogens is 683 g/mol. The Hall–Kier alpha value is -5.04. The summed E-state index contributed by atoms with van der Waals surface area (Å²) in [5.41, 5.74) is 3.62. The second-order valence-corrected chi connectivity index (χ2v) is 15.6. The van der Waals surface area contributed by atoms with Gasteiger partial charge in [-0.2, -0.15) is 4.98 Å². The lowest BCUT2D eigenvalue weighted by Crippen LogP contribution is -2.48. The number of carbonyl (C=O) groups excluding carboxylic acids is 3. The van der Waals surface area contributed by atoms with Gasteiger partial charge in [-0.15, -0.1) is 0 Å². The van der Waals surface area contributed by atoms with E-state index < -0.39 is 0 Å². The predicted molar refractivity (Wildman–Crippen MR) is 207 cm³/mol. The van der Waals surface area contributed by atoms with Gasteiger partial charge in [0.05, 0.1) is 18.7 Å². The first-order valence-electron chi connectivity index (χ1n) is 19.7. The number of anilines is 3. The van der Waals surface area contributed by atoms with Crippen molar-refractivity contribution in [3.63, 3.8) is 0 Å². The molecule has 1 aromatic carbocycles. The van der Waals surface area contributed by atoms with Gasteiger partial charge in [0.1, 0.15) is 22.9 Å². The van der Waals surface area contributed by atoms with Crippen molar-refractivity contribution in [3.8, 4) is 5.75 Å². The molecular formula is C41H51N9O4. The molecule has 13 nitrogen and oxygen atoms in total. The van der Waals surface area contributed by atoms with E-state index in [0.29, 0.717) is 48.9 Å². The van der Waals surface area contributed by atoms with E-state index >= 15 is 0 Å². The van der Waals surface area contributed by atoms with Crippen molar-refractivity contribution in [2.24, 2.45) is 5.92 Å². The van der Waals surface area contributed by atoms with Crippen molar-refractivity contribution in [1.82, 2.24) is 34.6 Å². The Morgan fingerprint density at radius 1 is 0.889 bits per heavy atom. The number of imide groups is 1. The number of ether oxygens (including phenoxy) is 1. The Bertz CT molecular complexity index is 1960. The van der Waals surface area contributed by atoms with E-state index in [-0.39, 0.29) is 29.7 Å². The van der Waals surface area contributed by atoms with Gasteiger partial charge in [0.25, 0.3) is 5.91 Å². The van der Waals surface area contributed by atoms with Gasteiger partial charge in [0.15, 0.2) is 0 Å². The van der Waals surface area contributed by atoms with Gasteiger partial charge in [0, 0.05) is 63.0 Å². The zero-order valence-electron chi connectivity index (χ0n) is 31.4. The molecule has 2 N–H and O–H groups in total. The zero-order chi connectivity index (χ0) is 37.2. The number of aromatic nitrogens is 4. The van der Waals surface area contributed by atoms with Crippen LogP contribution in [0.1, 0.15) is 92.2 Å². The monoisotopic (exact) mass is 733 g/mol. The molecule has 54 heavy (non-hydrogen) atoms. The number of fused-ring (bicyclic) bond motifs is 1. The van der Waals surface area contributed by atoms with Gasteiger partial charge in [-0.25, -0.2) is 9.97 Å². The fourth-order valence-corrected chi connectivity index (χ4v) is 8.77. The van der Waals surface area contributed by atoms with Gasteiger partial charge in [-0.1, -0.05) is 25.0 Å². The van der Waals surface area contributed by atoms with Crippen LogP contribution in [0.3, 0.4) is 0 Å². The van der Waals surface area contributed by atoms with Crippen LogP contribution in [0, 0.1) is 5.92 Å². The zero-order valence-corrected chi connectivity index (χ0v) is 31.4. The Balaban J connectivity index is 0.789. The third kappa shape index (κ3) is 7.77. The van der Waals surface area contributed by atoms with E-state index in [0.717, 1.165) is 99.9 Å². The normalized spacial score (nSPS) is 20.7. The molecule has 0 radical (unpaired) electrons. The number of likely N-dealkylation sites (tertiary alicyclic amines) is 1. The average Bonchev–Trinajstić information content (AvgIpc) is 3.86. The highest BCUT2D eigenvalue weighted by atomic mass is 16.5. The lowest BCUT2D eigenvalue weighted by Gasteiger charge is -2.42. The number of hydrogen-bond acceptors (Lipinski definition) is 10. The average molecular weight is 734 g/mol. The molecule has 3 saturated heterocycles. The predicted octanol–water partition coefficient (Wildman–Crippen LogP) is 5.67. The number of hydrogen-bond donors (Lipinski definition) is 2. The molecule has 1 atom stereocenters. The highest BCUT2D eigenvalue weighted by Crippen LogP contribution is 2.35. The van der Waals surface area contributed by atoms with Crippen LogP contribution in [0.2, 0.25) is 0 Å². The summed E-state index contributed by atoms with van der Waals surface area (Å²) in [7, 11) is 3.56. The molecule has 0 bridgehead atoms. The fraction of sp³-hybridized carbons (Fsp3) is 0.512. The third-order valence-corrected chi connectivity index (χ3v) is 11.9. The van der Waals surface area contributed by atoms with E-state index in [1.807, 2.05) is 18.2 Å². The van der Waals surface area contributed by atoms with Crippen molar-refractivity contribution in [2.75, 3.05) is 57.1 Å². The van der Waals surface area contributed by atoms with Crippen LogP contribution in [0.5, 0.6) is 5.75 Å². The molecule has 0 spiro atoms. The Morgan fingerprint density at radius 3 is 2.33 bits per heavy atom. The molecule has 1 saturated carbocycles. The van der Waals surface area contributed by atoms with Crippen molar-refractivity contribution in [1.29, 1.82) is 0 Å². The number of nitrogens with one attached hydrogen (secondary N) is 2. The van der Waals surface area contributed by atoms with E-state index in [1.165, 1.54) is 5.69 Å². The molecule has 1 unspecified atom stereocenters. The minimum absolute atomic E-state index is 0.0243. The first kappa shape index (κ1) is 36.0. The van der Waals surface area contributed by atoms with Crippen LogP contribution in [0.4, 0.5) is 17.5 Å². The lowest BCUT2D eigenvalue weighted by atomic mass is 9.90. The van der Waals surface area contributed by atoms with Crippen molar-refractivity contribution >= 4 is 46.2 Å². The minimum Gasteiger partial charge on any atom is -0.492 e. The summed E-state index contributed by atoms with van der Waals surface area (Å²) >= 11 is 0. The van der Waals surface area contributed by atoms with Crippen LogP contribution < -0.4 is 20.3 Å². The molecule has 4 fully saturated rings. The van der Waals surface area contributed by atoms with Gasteiger partial charge in [0.2, 0.25) is 17.8 Å². The molecule has 8 rings (SSSR count). The van der Waals surface area contributed by atoms with Crippen LogP contribution in [0.15, 0.2) is 54.9 Å². The molecule has 1 aliphatic carbocycles. The molecule has 13 heteroatoms. The SMILES string of the molecule is CN(C)C(=O)c1cc2cnc(Nc3ccc(OCC4CCN(C5CCN(c6ccc(C7CCC(=O)NC7=O)cc6)CC5)CC4)cn3)nc2n1C1CCCC1. The van der Waals surface area contributed by atoms with E-state index in [1.54, 1.807) is 31.4 Å². The second kappa shape index (κ2) is 15.7. The van der Waals surface area contributed by atoms with Crippen LogP contribution in [-0.2, 0) is 9.59 Å². The Labute approximate surface area is 316 Å². The molecule has 6 heterocycles. The van der Waals surface area contributed by atoms with Crippen LogP contribution in [-0.4, -0.2) is 100.0 Å². The molecule has 3 aliphatic heterocycles. The molecule has 4 aliphatic rings. The molecule has 284 valence electrons. The summed E-state index contributed by atoms with van der Waals surface area (Å²) < 4.78 is 8.32. The highest BCUT2D eigenvalue weighted by Gasteiger charge is 2.31. The van der Waals surface area contributed by atoms with E-state index in [2.05, 4.69) is 59.2 Å². The maximum absolute atomic E-state index is 13.0. The maximum Gasteiger partial charge on any atom is 0.270 e. The first-order valence-corrected chi connectivity index (χ1v) is 19.7. The topological polar surface area (TPSA) is 138 Å². The summed E-state index contributed by atoms with van der Waals surface area (Å²) in [6.07, 6.45) is 13.4. The summed E-state index contributed by atoms with van der Waals surface area (Å²) in [4.78, 5) is 57.5. The van der Waals surface area contributed by atoms with Crippen molar-refractivity contribution < 1.29 is 19.1 Å². The standard InChI is InChI=1S/C41H51N9O4/c1-47(2)40(53)35-23-29-24-43-41(46-38(29)50(35)32-5-3-4-6-32)44-36-13-11-33(25-42-36)54-26-27-15-19-48(20-16-27)31-17-21-49(22-18-31)30-9-7-28(8-10-30)34-12-14-37(51)45-39(34)52/h7-11,13,23-25,27,31-32,34H,3-6,12,14-22,26H2,1-2H3,(H,45,51,52)(H,42,43,44,46). The number of nitrogens with zero attached hydrogens (tertiary/aromatic N) is 7. The van der Waals surface area contributed by atoms with E-state index in [9.17, 15) is 14.4 Å². The largest absolute Gasteiger partial charge is 0.492 e. The van der Waals surface area contributed by atoms with Gasteiger partial charge < -0.3 is 29.3 Å². The van der Waals surface area contributed by atoms with Crippen molar-refractivity contribution in [2.45, 2.75) is 82.2 Å². The number of piperidine rings is 3. The minimum atomic E-state index is -0.239. The summed E-state index contributed by atoms with van der Waals surface area (Å²) in [6.45, 7) is 4.93. The Kier molecular flexibility index (Phi) is 10.5. The second-order valence-electron chi connectivity index (χ2n) is 15.6. The third-order valence-electron chi connectivity index (χ3n) is 11.9. The van der Waals surface area contributed by atoms with Gasteiger partial charge in [-0.3, -0.25) is 19.7 Å².